The zero-order valence-electron chi connectivity index (χ0n) is 14.9. The van der Waals surface area contributed by atoms with Gasteiger partial charge in [0.25, 0.3) is 0 Å². The predicted octanol–water partition coefficient (Wildman–Crippen LogP) is 0.404. The normalized spacial score (nSPS) is 47.4. The molecule has 0 unspecified atom stereocenters. The Morgan fingerprint density at radius 3 is 2.68 bits per heavy atom. The second-order valence-electron chi connectivity index (χ2n) is 7.93. The first kappa shape index (κ1) is 17.0. The third-order valence-electron chi connectivity index (χ3n) is 6.36. The average Bonchev–Trinajstić information content (AvgIpc) is 2.91. The van der Waals surface area contributed by atoms with Crippen LogP contribution >= 0.6 is 0 Å². The number of aliphatic hydroxyl groups is 1. The first-order valence-corrected chi connectivity index (χ1v) is 8.97. The highest BCUT2D eigenvalue weighted by Crippen LogP contribution is 2.46. The highest BCUT2D eigenvalue weighted by molar-refractivity contribution is 5.84. The molecule has 0 aromatic carbocycles. The number of cyclic esters (lactones) is 1. The summed E-state index contributed by atoms with van der Waals surface area (Å²) in [5.41, 5.74) is -1.82. The van der Waals surface area contributed by atoms with Gasteiger partial charge in [0.15, 0.2) is 11.2 Å². The fraction of sp³-hybridized carbons (Fsp3) is 0.778. The van der Waals surface area contributed by atoms with Crippen LogP contribution in [0.2, 0.25) is 0 Å². The maximum absolute atomic E-state index is 12.9. The van der Waals surface area contributed by atoms with Gasteiger partial charge in [0.05, 0.1) is 12.1 Å². The highest BCUT2D eigenvalue weighted by atomic mass is 16.7. The number of hydrogen-bond acceptors (Lipinski definition) is 7. The molecule has 0 saturated carbocycles. The first-order valence-electron chi connectivity index (χ1n) is 8.97. The minimum Gasteiger partial charge on any atom is -0.459 e. The topological polar surface area (TPSA) is 88.6 Å². The van der Waals surface area contributed by atoms with Crippen LogP contribution in [0.5, 0.6) is 0 Å². The van der Waals surface area contributed by atoms with Crippen molar-refractivity contribution in [2.45, 2.75) is 63.1 Å². The van der Waals surface area contributed by atoms with Crippen LogP contribution in [0.25, 0.3) is 0 Å². The Morgan fingerprint density at radius 2 is 2.00 bits per heavy atom. The lowest BCUT2D eigenvalue weighted by molar-refractivity contribution is -0.172. The average molecular weight is 351 g/mol. The molecule has 6 atom stereocenters. The summed E-state index contributed by atoms with van der Waals surface area (Å²) in [7, 11) is 0. The van der Waals surface area contributed by atoms with Crippen LogP contribution in [0.4, 0.5) is 0 Å². The van der Waals surface area contributed by atoms with Crippen LogP contribution in [-0.2, 0) is 23.8 Å². The van der Waals surface area contributed by atoms with Crippen molar-refractivity contribution in [2.24, 2.45) is 5.92 Å². The number of hydrogen-bond donors (Lipinski definition) is 1. The molecule has 3 saturated heterocycles. The number of rotatable bonds is 0. The van der Waals surface area contributed by atoms with E-state index in [0.29, 0.717) is 0 Å². The maximum atomic E-state index is 12.9. The van der Waals surface area contributed by atoms with Crippen molar-refractivity contribution in [3.8, 4) is 0 Å². The SMILES string of the molecule is C[C@@H]1O[C@@]12C[C@H](C)[C@@](C)(O)C(=O)OCC1=CCN3CC[C@@H](OC2=O)[C@@H]13. The summed E-state index contributed by atoms with van der Waals surface area (Å²) in [4.78, 5) is 27.5. The summed E-state index contributed by atoms with van der Waals surface area (Å²) in [6.45, 7) is 6.70. The molecule has 4 rings (SSSR count). The fourth-order valence-corrected chi connectivity index (χ4v) is 4.31. The van der Waals surface area contributed by atoms with Crippen LogP contribution < -0.4 is 0 Å². The molecule has 3 fully saturated rings. The zero-order valence-corrected chi connectivity index (χ0v) is 14.9. The van der Waals surface area contributed by atoms with Crippen LogP contribution in [0.3, 0.4) is 0 Å². The fourth-order valence-electron chi connectivity index (χ4n) is 4.31. The van der Waals surface area contributed by atoms with Gasteiger partial charge >= 0.3 is 11.9 Å². The van der Waals surface area contributed by atoms with Gasteiger partial charge in [-0.3, -0.25) is 4.90 Å². The molecular weight excluding hydrogens is 326 g/mol. The number of ether oxygens (including phenoxy) is 3. The van der Waals surface area contributed by atoms with Crippen molar-refractivity contribution < 1.29 is 28.9 Å². The Bertz CT molecular complexity index is 643. The summed E-state index contributed by atoms with van der Waals surface area (Å²) >= 11 is 0. The summed E-state index contributed by atoms with van der Waals surface area (Å²) in [6.07, 6.45) is 2.48. The van der Waals surface area contributed by atoms with Gasteiger partial charge in [0.2, 0.25) is 0 Å². The second kappa shape index (κ2) is 5.53. The van der Waals surface area contributed by atoms with Crippen molar-refractivity contribution in [3.05, 3.63) is 11.6 Å². The van der Waals surface area contributed by atoms with Crippen molar-refractivity contribution in [2.75, 3.05) is 19.7 Å². The number of esters is 2. The molecule has 7 heteroatoms. The molecule has 0 amide bonds. The van der Waals surface area contributed by atoms with Gasteiger partial charge in [-0.1, -0.05) is 13.0 Å². The summed E-state index contributed by atoms with van der Waals surface area (Å²) in [6, 6.07) is -0.0512. The Kier molecular flexibility index (Phi) is 3.76. The van der Waals surface area contributed by atoms with Gasteiger partial charge in [-0.25, -0.2) is 9.59 Å². The molecule has 1 N–H and O–H groups in total. The minimum atomic E-state index is -1.69. The third kappa shape index (κ3) is 2.52. The molecule has 0 aliphatic carbocycles. The molecule has 0 radical (unpaired) electrons. The number of carbonyl (C=O) groups excluding carboxylic acids is 2. The van der Waals surface area contributed by atoms with E-state index in [0.717, 1.165) is 25.1 Å². The van der Waals surface area contributed by atoms with Gasteiger partial charge in [0.1, 0.15) is 12.7 Å². The monoisotopic (exact) mass is 351 g/mol. The zero-order chi connectivity index (χ0) is 18.0. The standard InChI is InChI=1S/C18H25NO6/c1-10-8-18(11(2)25-18)16(21)24-13-5-7-19-6-4-12(14(13)19)9-23-15(20)17(10,3)22/h4,10-11,13-14,22H,5-9H2,1-3H3/t10-,11-,13+,14+,17+,18-/m0/s1. The van der Waals surface area contributed by atoms with Gasteiger partial charge in [-0.2, -0.15) is 0 Å². The third-order valence-corrected chi connectivity index (χ3v) is 6.36. The van der Waals surface area contributed by atoms with Gasteiger partial charge in [0, 0.05) is 13.1 Å². The number of epoxide rings is 1. The predicted molar refractivity (Wildman–Crippen MR) is 86.6 cm³/mol. The summed E-state index contributed by atoms with van der Waals surface area (Å²) in [5, 5.41) is 10.7. The molecule has 1 spiro atoms. The van der Waals surface area contributed by atoms with Crippen molar-refractivity contribution in [1.82, 2.24) is 4.90 Å². The first-order chi connectivity index (χ1) is 11.8. The number of carbonyl (C=O) groups is 2. The molecule has 7 nitrogen and oxygen atoms in total. The molecule has 0 aromatic heterocycles. The van der Waals surface area contributed by atoms with Crippen molar-refractivity contribution in [3.63, 3.8) is 0 Å². The van der Waals surface area contributed by atoms with Gasteiger partial charge in [-0.05, 0) is 38.2 Å². The van der Waals surface area contributed by atoms with E-state index in [-0.39, 0.29) is 37.2 Å². The molecule has 25 heavy (non-hydrogen) atoms. The Balaban J connectivity index is 1.66. The second-order valence-corrected chi connectivity index (χ2v) is 7.93. The van der Waals surface area contributed by atoms with E-state index >= 15 is 0 Å². The lowest BCUT2D eigenvalue weighted by atomic mass is 9.82. The van der Waals surface area contributed by atoms with Gasteiger partial charge < -0.3 is 19.3 Å². The van der Waals surface area contributed by atoms with Crippen LogP contribution in [0.15, 0.2) is 11.6 Å². The Morgan fingerprint density at radius 1 is 1.28 bits per heavy atom. The molecule has 4 aliphatic heterocycles. The van der Waals surface area contributed by atoms with E-state index in [1.54, 1.807) is 6.92 Å². The van der Waals surface area contributed by atoms with E-state index in [2.05, 4.69) is 4.90 Å². The number of nitrogens with zero attached hydrogens (tertiary/aromatic N) is 1. The Hall–Kier alpha value is -1.44. The van der Waals surface area contributed by atoms with E-state index in [1.807, 2.05) is 13.0 Å². The summed E-state index contributed by atoms with van der Waals surface area (Å²) in [5.74, 6) is -1.55. The van der Waals surface area contributed by atoms with Crippen LogP contribution in [-0.4, -0.2) is 71.1 Å². The molecule has 4 heterocycles. The van der Waals surface area contributed by atoms with Crippen LogP contribution in [0, 0.1) is 5.92 Å². The van der Waals surface area contributed by atoms with E-state index in [1.165, 1.54) is 6.92 Å². The molecular formula is C18H25NO6. The molecule has 0 aromatic rings. The van der Waals surface area contributed by atoms with E-state index < -0.39 is 23.1 Å². The molecule has 4 aliphatic rings. The van der Waals surface area contributed by atoms with Crippen molar-refractivity contribution in [1.29, 1.82) is 0 Å². The minimum absolute atomic E-state index is 0.0512. The van der Waals surface area contributed by atoms with Gasteiger partial charge in [-0.15, -0.1) is 0 Å². The smallest absolute Gasteiger partial charge is 0.341 e. The lowest BCUT2D eigenvalue weighted by Gasteiger charge is -2.32. The Labute approximate surface area is 146 Å². The maximum Gasteiger partial charge on any atom is 0.341 e. The highest BCUT2D eigenvalue weighted by Gasteiger charge is 2.64. The molecule has 0 bridgehead atoms. The van der Waals surface area contributed by atoms with Crippen LogP contribution in [0.1, 0.15) is 33.6 Å². The lowest BCUT2D eigenvalue weighted by Crippen LogP contribution is -2.48. The van der Waals surface area contributed by atoms with E-state index in [9.17, 15) is 14.7 Å². The largest absolute Gasteiger partial charge is 0.459 e. The quantitative estimate of drug-likeness (QED) is 0.384. The molecule has 138 valence electrons. The summed E-state index contributed by atoms with van der Waals surface area (Å²) < 4.78 is 16.9. The van der Waals surface area contributed by atoms with Crippen molar-refractivity contribution >= 4 is 11.9 Å². The van der Waals surface area contributed by atoms with E-state index in [4.69, 9.17) is 14.2 Å².